The summed E-state index contributed by atoms with van der Waals surface area (Å²) in [6.07, 6.45) is 19.3. The molecular weight excluding hydrogens is 216 g/mol. The second-order valence-corrected chi connectivity index (χ2v) is 6.77. The average molecular weight is 244 g/mol. The molecule has 0 bridgehead atoms. The third-order valence-electron chi connectivity index (χ3n) is 5.57. The van der Waals surface area contributed by atoms with E-state index in [9.17, 15) is 0 Å². The van der Waals surface area contributed by atoms with Crippen molar-refractivity contribution < 1.29 is 0 Å². The van der Waals surface area contributed by atoms with Crippen LogP contribution in [0, 0.1) is 29.6 Å². The van der Waals surface area contributed by atoms with Gasteiger partial charge in [-0.1, -0.05) is 12.2 Å². The molecule has 0 aromatic heterocycles. The van der Waals surface area contributed by atoms with Gasteiger partial charge in [0.05, 0.1) is 0 Å². The molecule has 3 aliphatic rings. The molecule has 2 radical (unpaired) electrons. The van der Waals surface area contributed by atoms with Crippen LogP contribution in [0.5, 0.6) is 0 Å². The fourth-order valence-corrected chi connectivity index (χ4v) is 4.26. The molecule has 0 aliphatic heterocycles. The van der Waals surface area contributed by atoms with Crippen LogP contribution >= 0.6 is 0 Å². The molecule has 0 unspecified atom stereocenters. The summed E-state index contributed by atoms with van der Waals surface area (Å²) < 4.78 is 0. The van der Waals surface area contributed by atoms with Crippen LogP contribution in [0.1, 0.15) is 71.1 Å². The molecule has 3 rings (SSSR count). The zero-order valence-corrected chi connectivity index (χ0v) is 12.0. The van der Waals surface area contributed by atoms with Crippen molar-refractivity contribution in [1.82, 2.24) is 0 Å². The van der Waals surface area contributed by atoms with E-state index in [0.29, 0.717) is 0 Å². The van der Waals surface area contributed by atoms with Gasteiger partial charge in [0.25, 0.3) is 0 Å². The van der Waals surface area contributed by atoms with Gasteiger partial charge in [-0.05, 0) is 101 Å². The van der Waals surface area contributed by atoms with Gasteiger partial charge in [-0.25, -0.2) is 0 Å². The summed E-state index contributed by atoms with van der Waals surface area (Å²) in [5, 5.41) is 0. The molecule has 0 spiro atoms. The molecule has 100 valence electrons. The van der Waals surface area contributed by atoms with Gasteiger partial charge in [0.1, 0.15) is 0 Å². The van der Waals surface area contributed by atoms with E-state index in [1.54, 1.807) is 18.8 Å². The van der Waals surface area contributed by atoms with Crippen molar-refractivity contribution >= 4 is 0 Å². The number of rotatable bonds is 3. The Morgan fingerprint density at radius 3 is 1.94 bits per heavy atom. The Labute approximate surface area is 113 Å². The van der Waals surface area contributed by atoms with E-state index in [0.717, 1.165) is 17.8 Å². The van der Waals surface area contributed by atoms with Crippen LogP contribution in [-0.2, 0) is 0 Å². The molecule has 0 nitrogen and oxygen atoms in total. The Morgan fingerprint density at radius 1 is 0.778 bits per heavy atom. The second-order valence-electron chi connectivity index (χ2n) is 6.77. The van der Waals surface area contributed by atoms with E-state index in [4.69, 9.17) is 0 Å². The largest absolute Gasteiger partial charge is 0.0911 e. The third-order valence-corrected chi connectivity index (χ3v) is 5.57. The Bertz CT molecular complexity index is 270. The zero-order valence-electron chi connectivity index (χ0n) is 12.0. The van der Waals surface area contributed by atoms with E-state index in [-0.39, 0.29) is 0 Å². The lowest BCUT2D eigenvalue weighted by atomic mass is 9.68. The zero-order chi connectivity index (χ0) is 12.4. The van der Waals surface area contributed by atoms with Crippen LogP contribution < -0.4 is 0 Å². The van der Waals surface area contributed by atoms with E-state index < -0.39 is 0 Å². The lowest BCUT2D eigenvalue weighted by Gasteiger charge is -2.37. The monoisotopic (exact) mass is 244 g/mol. The topological polar surface area (TPSA) is 0 Å². The van der Waals surface area contributed by atoms with Gasteiger partial charge in [0.2, 0.25) is 0 Å². The minimum absolute atomic E-state index is 0.985. The van der Waals surface area contributed by atoms with Crippen LogP contribution in [0.3, 0.4) is 0 Å². The van der Waals surface area contributed by atoms with E-state index in [1.807, 2.05) is 5.92 Å². The third kappa shape index (κ3) is 3.00. The first-order chi connectivity index (χ1) is 8.86. The number of hydrogen-bond acceptors (Lipinski definition) is 0. The van der Waals surface area contributed by atoms with Crippen molar-refractivity contribution in [2.24, 2.45) is 17.8 Å². The summed E-state index contributed by atoms with van der Waals surface area (Å²) in [6, 6.07) is 0. The molecule has 0 aromatic carbocycles. The van der Waals surface area contributed by atoms with Crippen LogP contribution in [0.15, 0.2) is 12.2 Å². The SMILES string of the molecule is C/C=C/[C]1CCC([C]2CCC(C3CC3)CC2)CC1. The van der Waals surface area contributed by atoms with Crippen molar-refractivity contribution in [3.05, 3.63) is 24.0 Å². The van der Waals surface area contributed by atoms with E-state index in [2.05, 4.69) is 19.1 Å². The highest BCUT2D eigenvalue weighted by Gasteiger charge is 2.36. The predicted molar refractivity (Wildman–Crippen MR) is 77.9 cm³/mol. The maximum atomic E-state index is 2.35. The molecule has 3 aliphatic carbocycles. The van der Waals surface area contributed by atoms with E-state index in [1.165, 1.54) is 51.4 Å². The summed E-state index contributed by atoms with van der Waals surface area (Å²) >= 11 is 0. The molecular formula is C18H28. The summed E-state index contributed by atoms with van der Waals surface area (Å²) in [4.78, 5) is 0. The molecule has 0 atom stereocenters. The highest BCUT2D eigenvalue weighted by atomic mass is 14.4. The normalized spacial score (nSPS) is 30.3. The van der Waals surface area contributed by atoms with Crippen LogP contribution in [0.2, 0.25) is 0 Å². The molecule has 3 fully saturated rings. The van der Waals surface area contributed by atoms with Gasteiger partial charge in [-0.3, -0.25) is 0 Å². The van der Waals surface area contributed by atoms with Gasteiger partial charge in [0.15, 0.2) is 0 Å². The van der Waals surface area contributed by atoms with Crippen molar-refractivity contribution in [2.75, 3.05) is 0 Å². The Morgan fingerprint density at radius 2 is 1.39 bits per heavy atom. The lowest BCUT2D eigenvalue weighted by molar-refractivity contribution is 0.279. The minimum atomic E-state index is 0.985. The summed E-state index contributed by atoms with van der Waals surface area (Å²) in [7, 11) is 0. The molecule has 0 heterocycles. The lowest BCUT2D eigenvalue weighted by Crippen LogP contribution is -2.24. The van der Waals surface area contributed by atoms with Crippen LogP contribution in [0.4, 0.5) is 0 Å². The van der Waals surface area contributed by atoms with Crippen molar-refractivity contribution in [1.29, 1.82) is 0 Å². The number of allylic oxidation sites excluding steroid dienone is 2. The van der Waals surface area contributed by atoms with Gasteiger partial charge in [-0.15, -0.1) is 0 Å². The molecule has 0 heteroatoms. The van der Waals surface area contributed by atoms with E-state index >= 15 is 0 Å². The maximum absolute atomic E-state index is 2.35. The first-order valence-corrected chi connectivity index (χ1v) is 8.19. The summed E-state index contributed by atoms with van der Waals surface area (Å²) in [6.45, 7) is 2.15. The molecule has 18 heavy (non-hydrogen) atoms. The van der Waals surface area contributed by atoms with Crippen LogP contribution in [-0.4, -0.2) is 0 Å². The average Bonchev–Trinajstić information content (AvgIpc) is 3.25. The van der Waals surface area contributed by atoms with Crippen LogP contribution in [0.25, 0.3) is 0 Å². The molecule has 0 saturated heterocycles. The van der Waals surface area contributed by atoms with Crippen molar-refractivity contribution in [3.63, 3.8) is 0 Å². The molecule has 0 amide bonds. The van der Waals surface area contributed by atoms with Crippen molar-refractivity contribution in [2.45, 2.75) is 71.1 Å². The first kappa shape index (κ1) is 12.8. The summed E-state index contributed by atoms with van der Waals surface area (Å²) in [5.41, 5.74) is 0. The summed E-state index contributed by atoms with van der Waals surface area (Å²) in [5.74, 6) is 6.89. The first-order valence-electron chi connectivity index (χ1n) is 8.19. The fraction of sp³-hybridized carbons (Fsp3) is 0.778. The highest BCUT2D eigenvalue weighted by Crippen LogP contribution is 2.49. The van der Waals surface area contributed by atoms with Gasteiger partial charge < -0.3 is 0 Å². The standard InChI is InChI=1S/C18H28/c1-2-3-14-4-6-15(7-5-14)16-8-10-17(11-9-16)18-12-13-18/h2-3,15,17-18H,4-13H2,1H3/b3-2+. The smallest absolute Gasteiger partial charge is 0.00272 e. The van der Waals surface area contributed by atoms with Gasteiger partial charge in [0, 0.05) is 0 Å². The Kier molecular flexibility index (Phi) is 4.11. The fourth-order valence-electron chi connectivity index (χ4n) is 4.26. The second kappa shape index (κ2) is 5.80. The maximum Gasteiger partial charge on any atom is -0.00272 e. The predicted octanol–water partition coefficient (Wildman–Crippen LogP) is 5.50. The number of hydrogen-bond donors (Lipinski definition) is 0. The van der Waals surface area contributed by atoms with Gasteiger partial charge in [-0.2, -0.15) is 0 Å². The minimum Gasteiger partial charge on any atom is -0.0911 e. The Balaban J connectivity index is 1.43. The highest BCUT2D eigenvalue weighted by molar-refractivity contribution is 5.14. The van der Waals surface area contributed by atoms with Crippen molar-refractivity contribution in [3.8, 4) is 0 Å². The quantitative estimate of drug-likeness (QED) is 0.614. The molecule has 0 aromatic rings. The molecule has 3 saturated carbocycles. The molecule has 0 N–H and O–H groups in total. The Hall–Kier alpha value is -0.260. The van der Waals surface area contributed by atoms with Gasteiger partial charge >= 0.3 is 0 Å².